The zero-order valence-corrected chi connectivity index (χ0v) is 13.8. The zero-order valence-electron chi connectivity index (χ0n) is 13.8. The number of aromatic nitrogens is 2. The van der Waals surface area contributed by atoms with Crippen LogP contribution in [0.15, 0.2) is 36.5 Å². The van der Waals surface area contributed by atoms with Crippen LogP contribution in [-0.2, 0) is 4.79 Å². The number of nitrogens with zero attached hydrogens (tertiary/aromatic N) is 4. The van der Waals surface area contributed by atoms with Crippen molar-refractivity contribution in [3.63, 3.8) is 0 Å². The van der Waals surface area contributed by atoms with E-state index >= 15 is 0 Å². The van der Waals surface area contributed by atoms with Crippen molar-refractivity contribution < 1.29 is 14.3 Å². The highest BCUT2D eigenvalue weighted by atomic mass is 16.5. The lowest BCUT2D eigenvalue weighted by atomic mass is 10.2. The van der Waals surface area contributed by atoms with E-state index in [9.17, 15) is 9.59 Å². The summed E-state index contributed by atoms with van der Waals surface area (Å²) in [6.07, 6.45) is 1.70. The molecule has 2 amide bonds. The quantitative estimate of drug-likeness (QED) is 0.849. The summed E-state index contributed by atoms with van der Waals surface area (Å²) < 4.78 is 6.96. The minimum atomic E-state index is -0.176. The van der Waals surface area contributed by atoms with Gasteiger partial charge in [-0.25, -0.2) is 4.68 Å². The van der Waals surface area contributed by atoms with E-state index in [2.05, 4.69) is 5.10 Å². The Morgan fingerprint density at radius 1 is 1.04 bits per heavy atom. The highest BCUT2D eigenvalue weighted by Crippen LogP contribution is 2.21. The molecule has 24 heavy (non-hydrogen) atoms. The first-order chi connectivity index (χ1) is 11.6. The predicted octanol–water partition coefficient (Wildman–Crippen LogP) is 1.19. The van der Waals surface area contributed by atoms with E-state index in [0.29, 0.717) is 31.9 Å². The van der Waals surface area contributed by atoms with E-state index < -0.39 is 0 Å². The fourth-order valence-corrected chi connectivity index (χ4v) is 2.74. The van der Waals surface area contributed by atoms with Crippen LogP contribution in [0.4, 0.5) is 0 Å². The normalized spacial score (nSPS) is 14.6. The lowest BCUT2D eigenvalue weighted by Crippen LogP contribution is -2.50. The number of para-hydroxylation sites is 1. The molecule has 126 valence electrons. The minimum absolute atomic E-state index is 0.0352. The molecule has 0 N–H and O–H groups in total. The standard InChI is InChI=1S/C17H20N4O3/c1-13(22)19-8-10-20(11-9-19)17(23)16-15(24-2)12-21(18-16)14-6-4-3-5-7-14/h3-7,12H,8-11H2,1-2H3. The second-order valence-electron chi connectivity index (χ2n) is 5.62. The predicted molar refractivity (Wildman–Crippen MR) is 88.3 cm³/mol. The molecule has 0 radical (unpaired) electrons. The van der Waals surface area contributed by atoms with E-state index in [-0.39, 0.29) is 17.5 Å². The SMILES string of the molecule is COc1cn(-c2ccccc2)nc1C(=O)N1CCN(C(C)=O)CC1. The monoisotopic (exact) mass is 328 g/mol. The van der Waals surface area contributed by atoms with Crippen molar-refractivity contribution in [2.75, 3.05) is 33.3 Å². The molecule has 1 aromatic carbocycles. The van der Waals surface area contributed by atoms with Gasteiger partial charge in [-0.05, 0) is 12.1 Å². The van der Waals surface area contributed by atoms with E-state index in [1.807, 2.05) is 30.3 Å². The molecule has 1 fully saturated rings. The Morgan fingerprint density at radius 3 is 2.25 bits per heavy atom. The van der Waals surface area contributed by atoms with E-state index in [0.717, 1.165) is 5.69 Å². The molecule has 1 aliphatic rings. The van der Waals surface area contributed by atoms with Crippen molar-refractivity contribution >= 4 is 11.8 Å². The highest BCUT2D eigenvalue weighted by Gasteiger charge is 2.27. The van der Waals surface area contributed by atoms with Crippen molar-refractivity contribution in [1.82, 2.24) is 19.6 Å². The molecular weight excluding hydrogens is 308 g/mol. The maximum atomic E-state index is 12.8. The summed E-state index contributed by atoms with van der Waals surface area (Å²) >= 11 is 0. The Labute approximate surface area is 140 Å². The van der Waals surface area contributed by atoms with Crippen molar-refractivity contribution in [1.29, 1.82) is 0 Å². The number of piperazine rings is 1. The average molecular weight is 328 g/mol. The molecule has 7 heteroatoms. The van der Waals surface area contributed by atoms with Crippen molar-refractivity contribution in [2.45, 2.75) is 6.92 Å². The van der Waals surface area contributed by atoms with Crippen LogP contribution < -0.4 is 4.74 Å². The van der Waals surface area contributed by atoms with Crippen LogP contribution >= 0.6 is 0 Å². The Morgan fingerprint density at radius 2 is 1.67 bits per heavy atom. The summed E-state index contributed by atoms with van der Waals surface area (Å²) in [4.78, 5) is 27.6. The fourth-order valence-electron chi connectivity index (χ4n) is 2.74. The minimum Gasteiger partial charge on any atom is -0.493 e. The van der Waals surface area contributed by atoms with Crippen molar-refractivity contribution in [3.05, 3.63) is 42.2 Å². The van der Waals surface area contributed by atoms with Gasteiger partial charge in [0.2, 0.25) is 5.91 Å². The molecule has 3 rings (SSSR count). The van der Waals surface area contributed by atoms with Gasteiger partial charge < -0.3 is 14.5 Å². The highest BCUT2D eigenvalue weighted by molar-refractivity contribution is 5.95. The zero-order chi connectivity index (χ0) is 17.1. The molecular formula is C17H20N4O3. The molecule has 1 aliphatic heterocycles. The maximum absolute atomic E-state index is 12.8. The van der Waals surface area contributed by atoms with E-state index in [1.54, 1.807) is 27.6 Å². The second kappa shape index (κ2) is 6.74. The van der Waals surface area contributed by atoms with Crippen LogP contribution in [0.5, 0.6) is 5.75 Å². The first kappa shape index (κ1) is 16.0. The van der Waals surface area contributed by atoms with Crippen LogP contribution in [-0.4, -0.2) is 64.7 Å². The molecule has 1 saturated heterocycles. The Kier molecular flexibility index (Phi) is 4.50. The number of carbonyl (C=O) groups excluding carboxylic acids is 2. The molecule has 0 bridgehead atoms. The van der Waals surface area contributed by atoms with Gasteiger partial charge in [-0.15, -0.1) is 0 Å². The van der Waals surface area contributed by atoms with Crippen LogP contribution in [0.25, 0.3) is 5.69 Å². The van der Waals surface area contributed by atoms with Gasteiger partial charge >= 0.3 is 0 Å². The lowest BCUT2D eigenvalue weighted by molar-refractivity contribution is -0.130. The summed E-state index contributed by atoms with van der Waals surface area (Å²) in [6, 6.07) is 9.56. The third kappa shape index (κ3) is 3.10. The molecule has 2 heterocycles. The number of hydrogen-bond acceptors (Lipinski definition) is 4. The number of methoxy groups -OCH3 is 1. The van der Waals surface area contributed by atoms with Crippen LogP contribution in [0, 0.1) is 0 Å². The second-order valence-corrected chi connectivity index (χ2v) is 5.62. The van der Waals surface area contributed by atoms with Gasteiger partial charge in [-0.2, -0.15) is 5.10 Å². The van der Waals surface area contributed by atoms with Crippen molar-refractivity contribution in [3.8, 4) is 11.4 Å². The third-order valence-electron chi connectivity index (χ3n) is 4.14. The molecule has 0 atom stereocenters. The summed E-state index contributed by atoms with van der Waals surface area (Å²) in [7, 11) is 1.52. The molecule has 1 aromatic heterocycles. The summed E-state index contributed by atoms with van der Waals surface area (Å²) in [5, 5.41) is 4.40. The van der Waals surface area contributed by atoms with Gasteiger partial charge in [0.25, 0.3) is 5.91 Å². The molecule has 0 unspecified atom stereocenters. The molecule has 0 spiro atoms. The number of rotatable bonds is 3. The third-order valence-corrected chi connectivity index (χ3v) is 4.14. The lowest BCUT2D eigenvalue weighted by Gasteiger charge is -2.33. The van der Waals surface area contributed by atoms with Gasteiger partial charge in [0, 0.05) is 33.1 Å². The van der Waals surface area contributed by atoms with Crippen LogP contribution in [0.1, 0.15) is 17.4 Å². The van der Waals surface area contributed by atoms with Crippen LogP contribution in [0.2, 0.25) is 0 Å². The first-order valence-corrected chi connectivity index (χ1v) is 7.84. The smallest absolute Gasteiger partial charge is 0.278 e. The summed E-state index contributed by atoms with van der Waals surface area (Å²) in [5.41, 5.74) is 1.15. The van der Waals surface area contributed by atoms with E-state index in [4.69, 9.17) is 4.74 Å². The topological polar surface area (TPSA) is 67.7 Å². The molecule has 0 saturated carbocycles. The van der Waals surface area contributed by atoms with Gasteiger partial charge in [0.15, 0.2) is 11.4 Å². The number of benzene rings is 1. The molecule has 2 aromatic rings. The first-order valence-electron chi connectivity index (χ1n) is 7.84. The maximum Gasteiger partial charge on any atom is 0.278 e. The van der Waals surface area contributed by atoms with E-state index in [1.165, 1.54) is 7.11 Å². The number of hydrogen-bond donors (Lipinski definition) is 0. The number of ether oxygens (including phenoxy) is 1. The number of amides is 2. The Hall–Kier alpha value is -2.83. The largest absolute Gasteiger partial charge is 0.493 e. The van der Waals surface area contributed by atoms with Gasteiger partial charge in [0.1, 0.15) is 0 Å². The summed E-state index contributed by atoms with van der Waals surface area (Å²) in [5.74, 6) is 0.301. The van der Waals surface area contributed by atoms with Gasteiger partial charge in [-0.3, -0.25) is 9.59 Å². The number of carbonyl (C=O) groups is 2. The molecule has 7 nitrogen and oxygen atoms in total. The average Bonchev–Trinajstić information content (AvgIpc) is 3.06. The fraction of sp³-hybridized carbons (Fsp3) is 0.353. The van der Waals surface area contributed by atoms with Gasteiger partial charge in [-0.1, -0.05) is 18.2 Å². The Bertz CT molecular complexity index is 734. The Balaban J connectivity index is 1.80. The van der Waals surface area contributed by atoms with Crippen LogP contribution in [0.3, 0.4) is 0 Å². The van der Waals surface area contributed by atoms with Crippen molar-refractivity contribution in [2.24, 2.45) is 0 Å². The molecule has 0 aliphatic carbocycles. The summed E-state index contributed by atoms with van der Waals surface area (Å²) in [6.45, 7) is 3.63. The van der Waals surface area contributed by atoms with Gasteiger partial charge in [0.05, 0.1) is 19.0 Å².